The summed E-state index contributed by atoms with van der Waals surface area (Å²) in [6, 6.07) is 8.33. The van der Waals surface area contributed by atoms with Crippen molar-refractivity contribution in [2.75, 3.05) is 7.11 Å². The van der Waals surface area contributed by atoms with Crippen molar-refractivity contribution in [3.8, 4) is 5.75 Å². The fourth-order valence-electron chi connectivity index (χ4n) is 2.05. The van der Waals surface area contributed by atoms with Crippen LogP contribution in [-0.2, 0) is 6.42 Å². The molecule has 1 heterocycles. The predicted octanol–water partition coefficient (Wildman–Crippen LogP) is 3.95. The lowest BCUT2D eigenvalue weighted by Crippen LogP contribution is -2.02. The molecular formula is C15H17FO2S. The molecule has 0 spiro atoms. The van der Waals surface area contributed by atoms with Crippen LogP contribution in [-0.4, -0.2) is 12.2 Å². The van der Waals surface area contributed by atoms with Crippen LogP contribution in [0.1, 0.15) is 29.4 Å². The third kappa shape index (κ3) is 3.78. The van der Waals surface area contributed by atoms with Gasteiger partial charge in [0, 0.05) is 10.4 Å². The summed E-state index contributed by atoms with van der Waals surface area (Å²) in [5.74, 6) is 0.179. The number of hydrogen-bond acceptors (Lipinski definition) is 3. The maximum absolute atomic E-state index is 13.2. The number of methoxy groups -OCH3 is 1. The molecule has 0 fully saturated rings. The second-order valence-corrected chi connectivity index (χ2v) is 5.41. The zero-order valence-corrected chi connectivity index (χ0v) is 11.6. The highest BCUT2D eigenvalue weighted by Crippen LogP contribution is 2.29. The lowest BCUT2D eigenvalue weighted by atomic mass is 10.0. The number of hydrogen-bond donors (Lipinski definition) is 1. The number of aliphatic hydroxyl groups excluding tert-OH is 1. The quantitative estimate of drug-likeness (QED) is 0.868. The minimum atomic E-state index is -0.689. The Kier molecular flexibility index (Phi) is 4.93. The lowest BCUT2D eigenvalue weighted by Gasteiger charge is -2.14. The van der Waals surface area contributed by atoms with Crippen LogP contribution < -0.4 is 4.74 Å². The minimum Gasteiger partial charge on any atom is -0.496 e. The summed E-state index contributed by atoms with van der Waals surface area (Å²) in [4.78, 5) is 1.30. The normalized spacial score (nSPS) is 12.4. The minimum absolute atomic E-state index is 0.354. The van der Waals surface area contributed by atoms with E-state index in [-0.39, 0.29) is 5.82 Å². The van der Waals surface area contributed by atoms with Crippen LogP contribution in [0, 0.1) is 5.82 Å². The molecule has 1 atom stereocenters. The number of aliphatic hydroxyl groups is 1. The molecule has 0 saturated heterocycles. The predicted molar refractivity (Wildman–Crippen MR) is 75.2 cm³/mol. The van der Waals surface area contributed by atoms with Crippen molar-refractivity contribution in [1.29, 1.82) is 0 Å². The third-order valence-corrected chi connectivity index (χ3v) is 3.97. The molecule has 0 amide bonds. The Morgan fingerprint density at radius 3 is 2.89 bits per heavy atom. The molecule has 0 aliphatic heterocycles. The van der Waals surface area contributed by atoms with Crippen molar-refractivity contribution in [3.05, 3.63) is 52.0 Å². The van der Waals surface area contributed by atoms with Crippen molar-refractivity contribution in [3.63, 3.8) is 0 Å². The van der Waals surface area contributed by atoms with Gasteiger partial charge in [0.15, 0.2) is 0 Å². The molecule has 4 heteroatoms. The van der Waals surface area contributed by atoms with E-state index in [1.54, 1.807) is 17.4 Å². The van der Waals surface area contributed by atoms with Gasteiger partial charge >= 0.3 is 0 Å². The van der Waals surface area contributed by atoms with Gasteiger partial charge in [0.25, 0.3) is 0 Å². The summed E-state index contributed by atoms with van der Waals surface area (Å²) in [7, 11) is 1.52. The number of aryl methyl sites for hydroxylation is 1. The molecule has 0 aliphatic carbocycles. The molecule has 1 aromatic carbocycles. The topological polar surface area (TPSA) is 29.5 Å². The molecule has 2 rings (SSSR count). The molecule has 0 saturated carbocycles. The second kappa shape index (κ2) is 6.68. The van der Waals surface area contributed by atoms with Gasteiger partial charge in [-0.1, -0.05) is 6.07 Å². The van der Waals surface area contributed by atoms with E-state index in [2.05, 4.69) is 6.07 Å². The molecule has 0 radical (unpaired) electrons. The first-order valence-electron chi connectivity index (χ1n) is 6.24. The highest BCUT2D eigenvalue weighted by molar-refractivity contribution is 7.09. The van der Waals surface area contributed by atoms with Crippen molar-refractivity contribution < 1.29 is 14.2 Å². The number of thiophene rings is 1. The summed E-state index contributed by atoms with van der Waals surface area (Å²) >= 11 is 1.71. The summed E-state index contributed by atoms with van der Waals surface area (Å²) in [5, 5.41) is 12.2. The number of rotatable bonds is 6. The van der Waals surface area contributed by atoms with Crippen molar-refractivity contribution in [2.45, 2.75) is 25.4 Å². The summed E-state index contributed by atoms with van der Waals surface area (Å²) < 4.78 is 18.4. The lowest BCUT2D eigenvalue weighted by molar-refractivity contribution is 0.160. The highest BCUT2D eigenvalue weighted by atomic mass is 32.1. The van der Waals surface area contributed by atoms with Crippen LogP contribution in [0.3, 0.4) is 0 Å². The van der Waals surface area contributed by atoms with Gasteiger partial charge < -0.3 is 9.84 Å². The van der Waals surface area contributed by atoms with E-state index in [0.717, 1.165) is 12.8 Å². The van der Waals surface area contributed by atoms with E-state index in [9.17, 15) is 9.50 Å². The maximum atomic E-state index is 13.2. The summed E-state index contributed by atoms with van der Waals surface area (Å²) in [6.45, 7) is 0. The highest BCUT2D eigenvalue weighted by Gasteiger charge is 2.14. The monoisotopic (exact) mass is 280 g/mol. The van der Waals surface area contributed by atoms with E-state index >= 15 is 0 Å². The Morgan fingerprint density at radius 1 is 1.37 bits per heavy atom. The zero-order valence-electron chi connectivity index (χ0n) is 10.8. The van der Waals surface area contributed by atoms with Crippen molar-refractivity contribution in [1.82, 2.24) is 0 Å². The van der Waals surface area contributed by atoms with Gasteiger partial charge in [0.2, 0.25) is 0 Å². The number of ether oxygens (including phenoxy) is 1. The SMILES string of the molecule is COc1ccc(F)cc1C(O)CCCc1cccs1. The van der Waals surface area contributed by atoms with Gasteiger partial charge in [0.1, 0.15) is 11.6 Å². The van der Waals surface area contributed by atoms with Gasteiger partial charge in [-0.15, -0.1) is 11.3 Å². The maximum Gasteiger partial charge on any atom is 0.124 e. The number of benzene rings is 1. The Morgan fingerprint density at radius 2 is 2.21 bits per heavy atom. The van der Waals surface area contributed by atoms with Crippen LogP contribution in [0.2, 0.25) is 0 Å². The largest absolute Gasteiger partial charge is 0.496 e. The van der Waals surface area contributed by atoms with Gasteiger partial charge in [-0.2, -0.15) is 0 Å². The van der Waals surface area contributed by atoms with Crippen LogP contribution in [0.5, 0.6) is 5.75 Å². The van der Waals surface area contributed by atoms with Gasteiger partial charge in [-0.3, -0.25) is 0 Å². The van der Waals surface area contributed by atoms with Gasteiger partial charge in [-0.05, 0) is 48.9 Å². The molecular weight excluding hydrogens is 263 g/mol. The van der Waals surface area contributed by atoms with Gasteiger partial charge in [0.05, 0.1) is 13.2 Å². The van der Waals surface area contributed by atoms with Crippen molar-refractivity contribution in [2.24, 2.45) is 0 Å². The number of halogens is 1. The second-order valence-electron chi connectivity index (χ2n) is 4.37. The molecule has 19 heavy (non-hydrogen) atoms. The zero-order chi connectivity index (χ0) is 13.7. The van der Waals surface area contributed by atoms with Crippen LogP contribution in [0.25, 0.3) is 0 Å². The Hall–Kier alpha value is -1.39. The molecule has 1 unspecified atom stereocenters. The van der Waals surface area contributed by atoms with E-state index < -0.39 is 6.10 Å². The third-order valence-electron chi connectivity index (χ3n) is 3.03. The smallest absolute Gasteiger partial charge is 0.124 e. The fraction of sp³-hybridized carbons (Fsp3) is 0.333. The first-order valence-corrected chi connectivity index (χ1v) is 7.12. The van der Waals surface area contributed by atoms with Gasteiger partial charge in [-0.25, -0.2) is 4.39 Å². The first-order chi connectivity index (χ1) is 9.20. The molecule has 1 N–H and O–H groups in total. The van der Waals surface area contributed by atoms with E-state index in [1.807, 2.05) is 11.4 Å². The van der Waals surface area contributed by atoms with Crippen LogP contribution in [0.4, 0.5) is 4.39 Å². The molecule has 1 aromatic heterocycles. The Labute approximate surface area is 116 Å². The standard InChI is InChI=1S/C15H17FO2S/c1-18-15-8-7-11(16)10-13(15)14(17)6-2-4-12-5-3-9-19-12/h3,5,7-10,14,17H,2,4,6H2,1H3. The van der Waals surface area contributed by atoms with E-state index in [0.29, 0.717) is 17.7 Å². The molecule has 0 aliphatic rings. The van der Waals surface area contributed by atoms with Crippen LogP contribution in [0.15, 0.2) is 35.7 Å². The average molecular weight is 280 g/mol. The summed E-state index contributed by atoms with van der Waals surface area (Å²) in [5.41, 5.74) is 0.522. The van der Waals surface area contributed by atoms with Crippen LogP contribution >= 0.6 is 11.3 Å². The fourth-order valence-corrected chi connectivity index (χ4v) is 2.80. The van der Waals surface area contributed by atoms with E-state index in [1.165, 1.54) is 24.1 Å². The van der Waals surface area contributed by atoms with Crippen molar-refractivity contribution >= 4 is 11.3 Å². The molecule has 2 aromatic rings. The van der Waals surface area contributed by atoms with E-state index in [4.69, 9.17) is 4.74 Å². The molecule has 0 bridgehead atoms. The Bertz CT molecular complexity index is 511. The first kappa shape index (κ1) is 14.0. The molecule has 102 valence electrons. The Balaban J connectivity index is 1.95. The molecule has 2 nitrogen and oxygen atoms in total. The average Bonchev–Trinajstić information content (AvgIpc) is 2.91. The summed E-state index contributed by atoms with van der Waals surface area (Å²) in [6.07, 6.45) is 1.71.